The highest BCUT2D eigenvalue weighted by Gasteiger charge is 2.08. The maximum atomic E-state index is 12.6. The Balaban J connectivity index is 1.94. The lowest BCUT2D eigenvalue weighted by molar-refractivity contribution is 0.0955. The molecular formula is C11H10FN3OS. The first-order chi connectivity index (χ1) is 8.15. The zero-order chi connectivity index (χ0) is 12.3. The van der Waals surface area contributed by atoms with Crippen LogP contribution in [-0.4, -0.2) is 10.9 Å². The van der Waals surface area contributed by atoms with Crippen molar-refractivity contribution in [3.8, 4) is 0 Å². The smallest absolute Gasteiger partial charge is 0.263 e. The molecule has 0 saturated carbocycles. The number of anilines is 1. The standard InChI is InChI=1S/C11H10FN3OS/c12-8-3-1-7(2-4-8)5-14-10(16)9-6-15-11(13)17-9/h1-4,6H,5H2,(H2,13,15)(H,14,16). The molecule has 2 aromatic rings. The van der Waals surface area contributed by atoms with Crippen LogP contribution in [0.4, 0.5) is 9.52 Å². The largest absolute Gasteiger partial charge is 0.375 e. The van der Waals surface area contributed by atoms with Gasteiger partial charge in [0.2, 0.25) is 0 Å². The van der Waals surface area contributed by atoms with E-state index in [-0.39, 0.29) is 11.7 Å². The number of hydrogen-bond acceptors (Lipinski definition) is 4. The zero-order valence-corrected chi connectivity index (χ0v) is 9.63. The van der Waals surface area contributed by atoms with Crippen LogP contribution >= 0.6 is 11.3 Å². The average molecular weight is 251 g/mol. The Morgan fingerprint density at radius 1 is 1.41 bits per heavy atom. The summed E-state index contributed by atoms with van der Waals surface area (Å²) < 4.78 is 12.6. The molecule has 0 bridgehead atoms. The summed E-state index contributed by atoms with van der Waals surface area (Å²) in [6.45, 7) is 0.344. The fourth-order valence-corrected chi connectivity index (χ4v) is 1.87. The molecule has 1 aromatic carbocycles. The van der Waals surface area contributed by atoms with Gasteiger partial charge in [0.05, 0.1) is 6.20 Å². The molecule has 1 aromatic heterocycles. The molecule has 1 amide bonds. The van der Waals surface area contributed by atoms with Gasteiger partial charge >= 0.3 is 0 Å². The van der Waals surface area contributed by atoms with E-state index in [2.05, 4.69) is 10.3 Å². The summed E-state index contributed by atoms with van der Waals surface area (Å²) in [5, 5.41) is 3.06. The van der Waals surface area contributed by atoms with E-state index in [0.29, 0.717) is 16.6 Å². The number of halogens is 1. The summed E-state index contributed by atoms with van der Waals surface area (Å²) >= 11 is 1.13. The van der Waals surface area contributed by atoms with E-state index in [1.807, 2.05) is 0 Å². The van der Waals surface area contributed by atoms with Crippen LogP contribution in [0, 0.1) is 5.82 Å². The molecule has 0 fully saturated rings. The number of nitrogens with two attached hydrogens (primary N) is 1. The minimum absolute atomic E-state index is 0.233. The monoisotopic (exact) mass is 251 g/mol. The number of nitrogen functional groups attached to an aromatic ring is 1. The lowest BCUT2D eigenvalue weighted by atomic mass is 10.2. The van der Waals surface area contributed by atoms with Gasteiger partial charge in [0, 0.05) is 6.54 Å². The van der Waals surface area contributed by atoms with Crippen molar-refractivity contribution in [2.24, 2.45) is 0 Å². The summed E-state index contributed by atoms with van der Waals surface area (Å²) in [5.41, 5.74) is 6.26. The van der Waals surface area contributed by atoms with Crippen molar-refractivity contribution < 1.29 is 9.18 Å². The second kappa shape index (κ2) is 4.92. The molecular weight excluding hydrogens is 241 g/mol. The molecule has 0 atom stereocenters. The highest BCUT2D eigenvalue weighted by atomic mass is 32.1. The van der Waals surface area contributed by atoms with Crippen LogP contribution in [0.5, 0.6) is 0 Å². The van der Waals surface area contributed by atoms with Gasteiger partial charge in [0.25, 0.3) is 5.91 Å². The van der Waals surface area contributed by atoms with Crippen LogP contribution in [0.25, 0.3) is 0 Å². The topological polar surface area (TPSA) is 68.0 Å². The van der Waals surface area contributed by atoms with Gasteiger partial charge in [0.1, 0.15) is 10.7 Å². The van der Waals surface area contributed by atoms with Crippen LogP contribution in [0.1, 0.15) is 15.2 Å². The molecule has 0 aliphatic rings. The first-order valence-electron chi connectivity index (χ1n) is 4.89. The summed E-state index contributed by atoms with van der Waals surface area (Å²) in [7, 11) is 0. The molecule has 1 heterocycles. The molecule has 17 heavy (non-hydrogen) atoms. The predicted molar refractivity (Wildman–Crippen MR) is 64.1 cm³/mol. The second-order valence-corrected chi connectivity index (χ2v) is 4.43. The summed E-state index contributed by atoms with van der Waals surface area (Å²) in [6.07, 6.45) is 1.43. The van der Waals surface area contributed by atoms with Crippen molar-refractivity contribution in [3.63, 3.8) is 0 Å². The van der Waals surface area contributed by atoms with E-state index in [9.17, 15) is 9.18 Å². The molecule has 0 aliphatic heterocycles. The Bertz CT molecular complexity index is 524. The Labute approximate surface area is 101 Å². The molecule has 0 aliphatic carbocycles. The second-order valence-electron chi connectivity index (χ2n) is 3.37. The Morgan fingerprint density at radius 3 is 2.71 bits per heavy atom. The fraction of sp³-hybridized carbons (Fsp3) is 0.0909. The molecule has 0 radical (unpaired) electrons. The van der Waals surface area contributed by atoms with Crippen molar-refractivity contribution in [1.29, 1.82) is 0 Å². The van der Waals surface area contributed by atoms with Crippen molar-refractivity contribution in [2.45, 2.75) is 6.54 Å². The third-order valence-electron chi connectivity index (χ3n) is 2.11. The van der Waals surface area contributed by atoms with E-state index >= 15 is 0 Å². The normalized spacial score (nSPS) is 10.2. The number of carbonyl (C=O) groups is 1. The van der Waals surface area contributed by atoms with Crippen molar-refractivity contribution in [3.05, 3.63) is 46.7 Å². The highest BCUT2D eigenvalue weighted by molar-refractivity contribution is 7.17. The number of amides is 1. The minimum atomic E-state index is -0.296. The van der Waals surface area contributed by atoms with E-state index in [0.717, 1.165) is 16.9 Å². The van der Waals surface area contributed by atoms with Gasteiger partial charge in [-0.2, -0.15) is 0 Å². The van der Waals surface area contributed by atoms with E-state index in [1.54, 1.807) is 12.1 Å². The van der Waals surface area contributed by atoms with Crippen molar-refractivity contribution >= 4 is 22.4 Å². The summed E-state index contributed by atoms with van der Waals surface area (Å²) in [5.74, 6) is -0.529. The van der Waals surface area contributed by atoms with Gasteiger partial charge in [0.15, 0.2) is 5.13 Å². The van der Waals surface area contributed by atoms with Gasteiger partial charge in [-0.25, -0.2) is 9.37 Å². The van der Waals surface area contributed by atoms with Crippen LogP contribution in [0.3, 0.4) is 0 Å². The van der Waals surface area contributed by atoms with Crippen molar-refractivity contribution in [2.75, 3.05) is 5.73 Å². The third-order valence-corrected chi connectivity index (χ3v) is 2.94. The van der Waals surface area contributed by atoms with E-state index in [1.165, 1.54) is 18.3 Å². The van der Waals surface area contributed by atoms with Crippen molar-refractivity contribution in [1.82, 2.24) is 10.3 Å². The molecule has 0 spiro atoms. The molecule has 0 saturated heterocycles. The molecule has 4 nitrogen and oxygen atoms in total. The van der Waals surface area contributed by atoms with Gasteiger partial charge < -0.3 is 11.1 Å². The van der Waals surface area contributed by atoms with Crippen LogP contribution < -0.4 is 11.1 Å². The summed E-state index contributed by atoms with van der Waals surface area (Å²) in [4.78, 5) is 15.9. The Hall–Kier alpha value is -1.95. The number of nitrogens with one attached hydrogen (secondary N) is 1. The fourth-order valence-electron chi connectivity index (χ4n) is 1.26. The van der Waals surface area contributed by atoms with Gasteiger partial charge in [-0.3, -0.25) is 4.79 Å². The highest BCUT2D eigenvalue weighted by Crippen LogP contribution is 2.14. The number of hydrogen-bond donors (Lipinski definition) is 2. The minimum Gasteiger partial charge on any atom is -0.375 e. The SMILES string of the molecule is Nc1ncc(C(=O)NCc2ccc(F)cc2)s1. The van der Waals surface area contributed by atoms with Crippen LogP contribution in [0.15, 0.2) is 30.5 Å². The average Bonchev–Trinajstić information content (AvgIpc) is 2.75. The molecule has 2 rings (SSSR count). The Kier molecular flexibility index (Phi) is 3.34. The quantitative estimate of drug-likeness (QED) is 0.874. The molecule has 0 unspecified atom stereocenters. The predicted octanol–water partition coefficient (Wildman–Crippen LogP) is 1.79. The molecule has 6 heteroatoms. The number of thiazole rings is 1. The molecule has 88 valence electrons. The van der Waals surface area contributed by atoms with Gasteiger partial charge in [-0.15, -0.1) is 0 Å². The van der Waals surface area contributed by atoms with E-state index in [4.69, 9.17) is 5.73 Å². The number of aromatic nitrogens is 1. The summed E-state index contributed by atoms with van der Waals surface area (Å²) in [6, 6.07) is 5.95. The molecule has 3 N–H and O–H groups in total. The van der Waals surface area contributed by atoms with Crippen LogP contribution in [-0.2, 0) is 6.54 Å². The van der Waals surface area contributed by atoms with Gasteiger partial charge in [-0.1, -0.05) is 23.5 Å². The first-order valence-corrected chi connectivity index (χ1v) is 5.71. The maximum absolute atomic E-state index is 12.6. The zero-order valence-electron chi connectivity index (χ0n) is 8.81. The van der Waals surface area contributed by atoms with Gasteiger partial charge in [-0.05, 0) is 17.7 Å². The van der Waals surface area contributed by atoms with E-state index < -0.39 is 0 Å². The number of carbonyl (C=O) groups excluding carboxylic acids is 1. The first kappa shape index (κ1) is 11.5. The third kappa shape index (κ3) is 3.01. The van der Waals surface area contributed by atoms with Crippen LogP contribution in [0.2, 0.25) is 0 Å². The number of benzene rings is 1. The Morgan fingerprint density at radius 2 is 2.12 bits per heavy atom. The maximum Gasteiger partial charge on any atom is 0.263 e. The lowest BCUT2D eigenvalue weighted by Gasteiger charge is -2.03. The number of nitrogens with zero attached hydrogens (tertiary/aromatic N) is 1. The lowest BCUT2D eigenvalue weighted by Crippen LogP contribution is -2.21. The number of rotatable bonds is 3.